The predicted molar refractivity (Wildman–Crippen MR) is 82.5 cm³/mol. The zero-order valence-electron chi connectivity index (χ0n) is 12.3. The minimum absolute atomic E-state index is 0.657. The van der Waals surface area contributed by atoms with Crippen LogP contribution in [0.1, 0.15) is 54.9 Å². The molecule has 2 aromatic rings. The second-order valence-corrected chi connectivity index (χ2v) is 5.65. The Morgan fingerprint density at radius 3 is 2.62 bits per heavy atom. The lowest BCUT2D eigenvalue weighted by molar-refractivity contribution is 0.218. The fraction of sp³-hybridized carbons (Fsp3) is 0.389. The third-order valence-corrected chi connectivity index (χ3v) is 3.82. The molecule has 0 spiro atoms. The van der Waals surface area contributed by atoms with E-state index < -0.39 is 6.10 Å². The van der Waals surface area contributed by atoms with Crippen molar-refractivity contribution >= 4 is 0 Å². The molecule has 0 aliphatic heterocycles. The van der Waals surface area contributed by atoms with Gasteiger partial charge >= 0.3 is 0 Å². The Labute approximate surface area is 125 Å². The van der Waals surface area contributed by atoms with Crippen molar-refractivity contribution in [2.45, 2.75) is 38.2 Å². The van der Waals surface area contributed by atoms with Crippen molar-refractivity contribution in [1.82, 2.24) is 4.98 Å². The highest BCUT2D eigenvalue weighted by Gasteiger charge is 2.23. The molecule has 0 radical (unpaired) electrons. The van der Waals surface area contributed by atoms with Crippen LogP contribution in [-0.2, 0) is 0 Å². The van der Waals surface area contributed by atoms with E-state index in [0.717, 1.165) is 23.5 Å². The van der Waals surface area contributed by atoms with Gasteiger partial charge in [0.2, 0.25) is 0 Å². The molecule has 3 rings (SSSR count). The van der Waals surface area contributed by atoms with E-state index in [1.165, 1.54) is 18.4 Å². The first-order chi connectivity index (χ1) is 10.3. The molecule has 1 aromatic heterocycles. The highest BCUT2D eigenvalue weighted by molar-refractivity contribution is 5.35. The molecule has 0 saturated heterocycles. The number of hydrogen-bond donors (Lipinski definition) is 1. The highest BCUT2D eigenvalue weighted by Crippen LogP contribution is 2.40. The minimum atomic E-state index is -0.657. The van der Waals surface area contributed by atoms with Crippen molar-refractivity contribution in [3.05, 3.63) is 59.4 Å². The monoisotopic (exact) mass is 283 g/mol. The Kier molecular flexibility index (Phi) is 4.20. The zero-order chi connectivity index (χ0) is 14.7. The molecule has 1 N–H and O–H groups in total. The summed E-state index contributed by atoms with van der Waals surface area (Å²) >= 11 is 0. The van der Waals surface area contributed by atoms with Crippen LogP contribution < -0.4 is 4.74 Å². The Morgan fingerprint density at radius 1 is 1.19 bits per heavy atom. The number of hydrogen-bond acceptors (Lipinski definition) is 3. The molecule has 1 aliphatic carbocycles. The molecule has 1 atom stereocenters. The molecular formula is C18H21NO2. The average Bonchev–Trinajstić information content (AvgIpc) is 3.37. The number of rotatable bonds is 6. The fourth-order valence-electron chi connectivity index (χ4n) is 2.44. The summed E-state index contributed by atoms with van der Waals surface area (Å²) in [5.41, 5.74) is 3.04. The van der Waals surface area contributed by atoms with Crippen molar-refractivity contribution in [1.29, 1.82) is 0 Å². The van der Waals surface area contributed by atoms with Crippen LogP contribution in [0.5, 0.6) is 5.75 Å². The molecule has 1 aliphatic rings. The third kappa shape index (κ3) is 3.42. The summed E-state index contributed by atoms with van der Waals surface area (Å²) in [5.74, 6) is 1.45. The van der Waals surface area contributed by atoms with Crippen LogP contribution in [0.4, 0.5) is 0 Å². The molecule has 0 amide bonds. The van der Waals surface area contributed by atoms with Crippen molar-refractivity contribution in [2.75, 3.05) is 6.61 Å². The van der Waals surface area contributed by atoms with E-state index in [1.54, 1.807) is 12.4 Å². The first kappa shape index (κ1) is 14.1. The standard InChI is InChI=1S/C18H21NO2/c1-2-9-21-17-10-16(11-19-12-17)18(20)15-7-5-14(6-8-15)13-3-4-13/h5-8,10-13,18,20H,2-4,9H2,1H3. The molecule has 1 aromatic carbocycles. The molecule has 1 unspecified atom stereocenters. The van der Waals surface area contributed by atoms with Crippen LogP contribution in [0, 0.1) is 0 Å². The molecule has 1 heterocycles. The Balaban J connectivity index is 1.75. The quantitative estimate of drug-likeness (QED) is 0.876. The lowest BCUT2D eigenvalue weighted by atomic mass is 10.0. The predicted octanol–water partition coefficient (Wildman–Crippen LogP) is 3.83. The minimum Gasteiger partial charge on any atom is -0.492 e. The summed E-state index contributed by atoms with van der Waals surface area (Å²) in [6.07, 6.45) is 6.26. The molecule has 1 fully saturated rings. The van der Waals surface area contributed by atoms with Gasteiger partial charge in [-0.25, -0.2) is 0 Å². The van der Waals surface area contributed by atoms with Gasteiger partial charge < -0.3 is 9.84 Å². The van der Waals surface area contributed by atoms with Crippen LogP contribution in [0.15, 0.2) is 42.7 Å². The van der Waals surface area contributed by atoms with Gasteiger partial charge in [0.15, 0.2) is 0 Å². The van der Waals surface area contributed by atoms with E-state index in [2.05, 4.69) is 24.0 Å². The maximum absolute atomic E-state index is 10.5. The fourth-order valence-corrected chi connectivity index (χ4v) is 2.44. The SMILES string of the molecule is CCCOc1cncc(C(O)c2ccc(C3CC3)cc2)c1. The second-order valence-electron chi connectivity index (χ2n) is 5.65. The van der Waals surface area contributed by atoms with E-state index in [4.69, 9.17) is 4.74 Å². The highest BCUT2D eigenvalue weighted by atomic mass is 16.5. The maximum Gasteiger partial charge on any atom is 0.137 e. The molecule has 1 saturated carbocycles. The van der Waals surface area contributed by atoms with Gasteiger partial charge in [-0.05, 0) is 42.4 Å². The lowest BCUT2D eigenvalue weighted by Gasteiger charge is -2.13. The van der Waals surface area contributed by atoms with Crippen LogP contribution in [-0.4, -0.2) is 16.7 Å². The molecule has 110 valence electrons. The molecular weight excluding hydrogens is 262 g/mol. The van der Waals surface area contributed by atoms with E-state index in [0.29, 0.717) is 12.4 Å². The number of pyridine rings is 1. The van der Waals surface area contributed by atoms with Crippen molar-refractivity contribution in [3.8, 4) is 5.75 Å². The summed E-state index contributed by atoms with van der Waals surface area (Å²) in [4.78, 5) is 4.15. The van der Waals surface area contributed by atoms with Crippen LogP contribution in [0.2, 0.25) is 0 Å². The molecule has 21 heavy (non-hydrogen) atoms. The number of aliphatic hydroxyl groups is 1. The number of aliphatic hydroxyl groups excluding tert-OH is 1. The normalized spacial score (nSPS) is 15.7. The van der Waals surface area contributed by atoms with Crippen molar-refractivity contribution < 1.29 is 9.84 Å². The van der Waals surface area contributed by atoms with E-state index >= 15 is 0 Å². The summed E-state index contributed by atoms with van der Waals surface area (Å²) in [6.45, 7) is 2.73. The summed E-state index contributed by atoms with van der Waals surface area (Å²) in [5, 5.41) is 10.5. The summed E-state index contributed by atoms with van der Waals surface area (Å²) < 4.78 is 5.57. The number of aromatic nitrogens is 1. The van der Waals surface area contributed by atoms with Gasteiger partial charge in [0, 0.05) is 11.8 Å². The molecule has 3 nitrogen and oxygen atoms in total. The zero-order valence-corrected chi connectivity index (χ0v) is 12.3. The van der Waals surface area contributed by atoms with Crippen LogP contribution in [0.3, 0.4) is 0 Å². The maximum atomic E-state index is 10.5. The molecule has 0 bridgehead atoms. The number of nitrogens with zero attached hydrogens (tertiary/aromatic N) is 1. The number of ether oxygens (including phenoxy) is 1. The Morgan fingerprint density at radius 2 is 1.95 bits per heavy atom. The topological polar surface area (TPSA) is 42.4 Å². The van der Waals surface area contributed by atoms with E-state index in [-0.39, 0.29) is 0 Å². The van der Waals surface area contributed by atoms with Gasteiger partial charge in [-0.2, -0.15) is 0 Å². The Bertz CT molecular complexity index is 590. The lowest BCUT2D eigenvalue weighted by Crippen LogP contribution is -2.02. The van der Waals surface area contributed by atoms with Crippen LogP contribution >= 0.6 is 0 Å². The van der Waals surface area contributed by atoms with Gasteiger partial charge in [-0.3, -0.25) is 4.98 Å². The second kappa shape index (κ2) is 6.27. The first-order valence-corrected chi connectivity index (χ1v) is 7.63. The van der Waals surface area contributed by atoms with E-state index in [1.807, 2.05) is 18.2 Å². The smallest absolute Gasteiger partial charge is 0.137 e. The van der Waals surface area contributed by atoms with Gasteiger partial charge in [-0.1, -0.05) is 31.2 Å². The van der Waals surface area contributed by atoms with Crippen molar-refractivity contribution in [2.24, 2.45) is 0 Å². The van der Waals surface area contributed by atoms with E-state index in [9.17, 15) is 5.11 Å². The Hall–Kier alpha value is -1.87. The van der Waals surface area contributed by atoms with Gasteiger partial charge in [0.25, 0.3) is 0 Å². The number of benzene rings is 1. The third-order valence-electron chi connectivity index (χ3n) is 3.82. The molecule has 3 heteroatoms. The van der Waals surface area contributed by atoms with Gasteiger partial charge in [-0.15, -0.1) is 0 Å². The summed E-state index contributed by atoms with van der Waals surface area (Å²) in [6, 6.07) is 10.1. The van der Waals surface area contributed by atoms with Gasteiger partial charge in [0.1, 0.15) is 11.9 Å². The van der Waals surface area contributed by atoms with Gasteiger partial charge in [0.05, 0.1) is 12.8 Å². The largest absolute Gasteiger partial charge is 0.492 e. The summed E-state index contributed by atoms with van der Waals surface area (Å²) in [7, 11) is 0. The van der Waals surface area contributed by atoms with Crippen molar-refractivity contribution in [3.63, 3.8) is 0 Å². The average molecular weight is 283 g/mol. The van der Waals surface area contributed by atoms with Crippen LogP contribution in [0.25, 0.3) is 0 Å². The first-order valence-electron chi connectivity index (χ1n) is 7.63.